The second-order valence-corrected chi connectivity index (χ2v) is 11.7. The number of nitrogens with one attached hydrogen (secondary N) is 1. The molecule has 1 saturated carbocycles. The highest BCUT2D eigenvalue weighted by molar-refractivity contribution is 5.94. The Bertz CT molecular complexity index is 1140. The van der Waals surface area contributed by atoms with Gasteiger partial charge in [0.15, 0.2) is 5.69 Å². The van der Waals surface area contributed by atoms with E-state index in [2.05, 4.69) is 24.1 Å². The van der Waals surface area contributed by atoms with E-state index in [-0.39, 0.29) is 29.9 Å². The highest BCUT2D eigenvalue weighted by Crippen LogP contribution is 2.40. The highest BCUT2D eigenvalue weighted by atomic mass is 16.5. The number of hydrogen-bond acceptors (Lipinski definition) is 6. The van der Waals surface area contributed by atoms with Gasteiger partial charge in [0, 0.05) is 31.6 Å². The molecule has 2 aromatic rings. The van der Waals surface area contributed by atoms with Crippen molar-refractivity contribution in [3.05, 3.63) is 30.0 Å². The number of ether oxygens (including phenoxy) is 2. The molecule has 0 spiro atoms. The van der Waals surface area contributed by atoms with Gasteiger partial charge in [0.2, 0.25) is 5.91 Å². The Hall–Kier alpha value is -3.07. The number of carbonyl (C=O) groups is 2. The molecule has 2 fully saturated rings. The van der Waals surface area contributed by atoms with Crippen LogP contribution in [0.15, 0.2) is 24.3 Å². The number of piperidine rings is 1. The van der Waals surface area contributed by atoms with E-state index in [1.165, 1.54) is 25.7 Å². The van der Waals surface area contributed by atoms with Gasteiger partial charge >= 0.3 is 0 Å². The van der Waals surface area contributed by atoms with Crippen LogP contribution >= 0.6 is 0 Å². The number of hydrogen-bond donors (Lipinski definition) is 1. The summed E-state index contributed by atoms with van der Waals surface area (Å²) in [6.45, 7) is 9.84. The summed E-state index contributed by atoms with van der Waals surface area (Å²) >= 11 is 0. The van der Waals surface area contributed by atoms with Crippen molar-refractivity contribution in [2.75, 3.05) is 40.4 Å². The van der Waals surface area contributed by atoms with E-state index in [1.54, 1.807) is 14.2 Å². The summed E-state index contributed by atoms with van der Waals surface area (Å²) in [4.78, 5) is 31.8. The lowest BCUT2D eigenvalue weighted by Crippen LogP contribution is -2.47. The number of nitrogens with zero attached hydrogens (tertiary/aromatic N) is 4. The molecular formula is C33H51N5O4. The first-order valence-electron chi connectivity index (χ1n) is 16.1. The number of carbonyl (C=O) groups excluding carboxylic acids is 2. The zero-order valence-electron chi connectivity index (χ0n) is 26.4. The van der Waals surface area contributed by atoms with Crippen molar-refractivity contribution in [3.8, 4) is 22.8 Å². The minimum absolute atomic E-state index is 0.0385. The van der Waals surface area contributed by atoms with Crippen LogP contribution in [-0.4, -0.2) is 83.9 Å². The third kappa shape index (κ3) is 7.46. The molecule has 1 N–H and O–H groups in total. The van der Waals surface area contributed by atoms with Crippen LogP contribution in [0, 0.1) is 0 Å². The molecule has 2 heterocycles. The van der Waals surface area contributed by atoms with Crippen LogP contribution in [0.2, 0.25) is 0 Å². The third-order valence-electron chi connectivity index (χ3n) is 9.09. The van der Waals surface area contributed by atoms with Crippen LogP contribution in [0.5, 0.6) is 11.5 Å². The van der Waals surface area contributed by atoms with Crippen LogP contribution in [-0.2, 0) is 4.79 Å². The Morgan fingerprint density at radius 3 is 2.24 bits per heavy atom. The SMILES string of the molecule is CCC(CC)n1nc(C(=O)N(CC)C(CCN2CCCCC2)CC(=O)NC2CCC2)cc1-c1c(OC)cccc1OC. The molecule has 1 aliphatic heterocycles. The van der Waals surface area contributed by atoms with E-state index in [0.717, 1.165) is 63.0 Å². The number of rotatable bonds is 15. The molecule has 1 unspecified atom stereocenters. The fraction of sp³-hybridized carbons (Fsp3) is 0.667. The van der Waals surface area contributed by atoms with E-state index in [9.17, 15) is 9.59 Å². The van der Waals surface area contributed by atoms with Gasteiger partial charge in [0.05, 0.1) is 31.5 Å². The van der Waals surface area contributed by atoms with E-state index in [1.807, 2.05) is 40.8 Å². The summed E-state index contributed by atoms with van der Waals surface area (Å²) in [5, 5.41) is 8.13. The minimum atomic E-state index is -0.202. The molecule has 9 heteroatoms. The standard InChI is InChI=1S/C33H51N5O4/c1-6-25(7-2)38-28(32-29(41-4)16-13-17-30(32)42-5)23-27(35-38)33(40)37(8-3)26(18-21-36-19-10-9-11-20-36)22-31(39)34-24-14-12-15-24/h13,16-17,23-26H,6-12,14-15,18-22H2,1-5H3,(H,34,39). The van der Waals surface area contributed by atoms with E-state index in [4.69, 9.17) is 14.6 Å². The maximum absolute atomic E-state index is 14.3. The van der Waals surface area contributed by atoms with Crippen molar-refractivity contribution >= 4 is 11.8 Å². The molecule has 1 aromatic heterocycles. The predicted octanol–water partition coefficient (Wildman–Crippen LogP) is 5.69. The van der Waals surface area contributed by atoms with Crippen LogP contribution in [0.1, 0.15) is 102 Å². The second kappa shape index (κ2) is 15.4. The van der Waals surface area contributed by atoms with Gasteiger partial charge in [-0.2, -0.15) is 5.10 Å². The lowest BCUT2D eigenvalue weighted by molar-refractivity contribution is -0.123. The number of aromatic nitrogens is 2. The molecule has 2 amide bonds. The van der Waals surface area contributed by atoms with Crippen LogP contribution in [0.25, 0.3) is 11.3 Å². The zero-order chi connectivity index (χ0) is 30.1. The molecule has 0 bridgehead atoms. The van der Waals surface area contributed by atoms with E-state index in [0.29, 0.717) is 30.2 Å². The molecule has 1 aromatic carbocycles. The zero-order valence-corrected chi connectivity index (χ0v) is 26.4. The molecule has 1 atom stereocenters. The van der Waals surface area contributed by atoms with Crippen LogP contribution in [0.3, 0.4) is 0 Å². The maximum atomic E-state index is 14.3. The first-order valence-corrected chi connectivity index (χ1v) is 16.1. The van der Waals surface area contributed by atoms with Gasteiger partial charge < -0.3 is 24.6 Å². The lowest BCUT2D eigenvalue weighted by atomic mass is 9.93. The van der Waals surface area contributed by atoms with Crippen molar-refractivity contribution in [3.63, 3.8) is 0 Å². The Labute approximate surface area is 251 Å². The van der Waals surface area contributed by atoms with Gasteiger partial charge in [-0.05, 0) is 89.6 Å². The second-order valence-electron chi connectivity index (χ2n) is 11.7. The first kappa shape index (κ1) is 31.9. The maximum Gasteiger partial charge on any atom is 0.274 e. The summed E-state index contributed by atoms with van der Waals surface area (Å²) in [5.41, 5.74) is 1.96. The van der Waals surface area contributed by atoms with Gasteiger partial charge in [-0.1, -0.05) is 26.3 Å². The fourth-order valence-electron chi connectivity index (χ4n) is 6.35. The predicted molar refractivity (Wildman–Crippen MR) is 166 cm³/mol. The van der Waals surface area contributed by atoms with Crippen LogP contribution in [0.4, 0.5) is 0 Å². The average molecular weight is 582 g/mol. The number of benzene rings is 1. The summed E-state index contributed by atoms with van der Waals surface area (Å²) in [6.07, 6.45) is 9.77. The summed E-state index contributed by atoms with van der Waals surface area (Å²) in [7, 11) is 3.28. The molecule has 42 heavy (non-hydrogen) atoms. The average Bonchev–Trinajstić information content (AvgIpc) is 3.43. The first-order chi connectivity index (χ1) is 20.4. The van der Waals surface area contributed by atoms with Gasteiger partial charge in [-0.15, -0.1) is 0 Å². The molecule has 4 rings (SSSR count). The van der Waals surface area contributed by atoms with Crippen molar-refractivity contribution in [1.82, 2.24) is 24.9 Å². The molecule has 232 valence electrons. The summed E-state index contributed by atoms with van der Waals surface area (Å²) < 4.78 is 13.4. The number of methoxy groups -OCH3 is 2. The largest absolute Gasteiger partial charge is 0.496 e. The van der Waals surface area contributed by atoms with Crippen molar-refractivity contribution < 1.29 is 19.1 Å². The Morgan fingerprint density at radius 1 is 1.02 bits per heavy atom. The number of likely N-dealkylation sites (tertiary alicyclic amines) is 1. The van der Waals surface area contributed by atoms with Crippen LogP contribution < -0.4 is 14.8 Å². The molecule has 0 radical (unpaired) electrons. The van der Waals surface area contributed by atoms with Crippen molar-refractivity contribution in [2.45, 2.75) is 103 Å². The molecular weight excluding hydrogens is 530 g/mol. The van der Waals surface area contributed by atoms with Gasteiger partial charge in [-0.3, -0.25) is 14.3 Å². The molecule has 9 nitrogen and oxygen atoms in total. The summed E-state index contributed by atoms with van der Waals surface area (Å²) in [5.74, 6) is 1.23. The third-order valence-corrected chi connectivity index (χ3v) is 9.09. The minimum Gasteiger partial charge on any atom is -0.496 e. The van der Waals surface area contributed by atoms with Gasteiger partial charge in [0.1, 0.15) is 11.5 Å². The van der Waals surface area contributed by atoms with Gasteiger partial charge in [-0.25, -0.2) is 0 Å². The molecule has 1 saturated heterocycles. The fourth-order valence-corrected chi connectivity index (χ4v) is 6.35. The Kier molecular flexibility index (Phi) is 11.7. The van der Waals surface area contributed by atoms with E-state index < -0.39 is 0 Å². The Morgan fingerprint density at radius 2 is 1.69 bits per heavy atom. The summed E-state index contributed by atoms with van der Waals surface area (Å²) in [6, 6.07) is 7.76. The smallest absolute Gasteiger partial charge is 0.274 e. The van der Waals surface area contributed by atoms with Crippen molar-refractivity contribution in [1.29, 1.82) is 0 Å². The monoisotopic (exact) mass is 581 g/mol. The Balaban J connectivity index is 1.67. The topological polar surface area (TPSA) is 88.9 Å². The highest BCUT2D eigenvalue weighted by Gasteiger charge is 2.31. The van der Waals surface area contributed by atoms with Crippen molar-refractivity contribution in [2.24, 2.45) is 0 Å². The molecule has 1 aliphatic carbocycles. The quantitative estimate of drug-likeness (QED) is 0.291. The van der Waals surface area contributed by atoms with E-state index >= 15 is 0 Å². The number of amides is 2. The van der Waals surface area contributed by atoms with Gasteiger partial charge in [0.25, 0.3) is 5.91 Å². The normalized spacial score (nSPS) is 16.6. The lowest BCUT2D eigenvalue weighted by Gasteiger charge is -2.34. The molecule has 2 aliphatic rings.